The van der Waals surface area contributed by atoms with Crippen LogP contribution in [-0.2, 0) is 14.2 Å². The van der Waals surface area contributed by atoms with Crippen molar-refractivity contribution in [3.8, 4) is 33.8 Å². The molecule has 0 aliphatic heterocycles. The number of carbonyl (C=O) groups excluding carboxylic acids is 3. The Morgan fingerprint density at radius 2 is 0.571 bits per heavy atom. The van der Waals surface area contributed by atoms with E-state index in [1.165, 1.54) is 0 Å². The van der Waals surface area contributed by atoms with Crippen molar-refractivity contribution in [1.29, 1.82) is 0 Å². The molecule has 3 aromatic heterocycles. The van der Waals surface area contributed by atoms with Gasteiger partial charge in [-0.05, 0) is 16.2 Å². The van der Waals surface area contributed by atoms with E-state index in [4.69, 9.17) is 29.2 Å². The summed E-state index contributed by atoms with van der Waals surface area (Å²) < 4.78 is 18.7. The summed E-state index contributed by atoms with van der Waals surface area (Å²) >= 11 is 0. The van der Waals surface area contributed by atoms with Gasteiger partial charge in [-0.15, -0.1) is 0 Å². The Labute approximate surface area is 363 Å². The molecule has 0 bridgehead atoms. The van der Waals surface area contributed by atoms with Gasteiger partial charge >= 0.3 is 17.9 Å². The monoisotopic (exact) mass is 825 g/mol. The highest BCUT2D eigenvalue weighted by Crippen LogP contribution is 2.35. The lowest BCUT2D eigenvalue weighted by Gasteiger charge is -2.34. The quantitative estimate of drug-likeness (QED) is 0.103. The van der Waals surface area contributed by atoms with E-state index in [0.29, 0.717) is 32.8 Å². The second-order valence-corrected chi connectivity index (χ2v) is 15.6. The number of hydrogen-bond acceptors (Lipinski definition) is 9. The van der Waals surface area contributed by atoms with Crippen LogP contribution in [-0.4, -0.2) is 51.2 Å². The maximum Gasteiger partial charge on any atom is 0.340 e. The van der Waals surface area contributed by atoms with Crippen molar-refractivity contribution in [3.63, 3.8) is 0 Å². The number of pyridine rings is 3. The van der Waals surface area contributed by atoms with Gasteiger partial charge in [-0.3, -0.25) is 15.0 Å². The molecule has 0 radical (unpaired) electrons. The number of nitrogens with zero attached hydrogens (tertiary/aromatic N) is 3. The third-order valence-corrected chi connectivity index (χ3v) is 11.6. The average Bonchev–Trinajstić information content (AvgIpc) is 3.33. The fraction of sp³-hybridized carbons (Fsp3) is 0.111. The van der Waals surface area contributed by atoms with Crippen molar-refractivity contribution < 1.29 is 28.6 Å². The Kier molecular flexibility index (Phi) is 10.6. The van der Waals surface area contributed by atoms with Crippen LogP contribution in [0.5, 0.6) is 0 Å². The number of ether oxygens (including phenoxy) is 3. The lowest BCUT2D eigenvalue weighted by atomic mass is 9.91. The van der Waals surface area contributed by atoms with Crippen molar-refractivity contribution in [3.05, 3.63) is 199 Å². The fourth-order valence-electron chi connectivity index (χ4n) is 8.65. The molecule has 1 fully saturated rings. The molecule has 0 amide bonds. The smallest absolute Gasteiger partial charge is 0.340 e. The Balaban J connectivity index is 0.955. The van der Waals surface area contributed by atoms with Crippen molar-refractivity contribution in [2.75, 3.05) is 0 Å². The zero-order valence-corrected chi connectivity index (χ0v) is 34.0. The van der Waals surface area contributed by atoms with Crippen molar-refractivity contribution >= 4 is 50.2 Å². The highest BCUT2D eigenvalue weighted by molar-refractivity contribution is 6.10. The zero-order valence-electron chi connectivity index (χ0n) is 34.0. The number of rotatable bonds is 9. The Bertz CT molecular complexity index is 2810. The Morgan fingerprint density at radius 3 is 0.841 bits per heavy atom. The van der Waals surface area contributed by atoms with Gasteiger partial charge in [0, 0.05) is 70.7 Å². The van der Waals surface area contributed by atoms with E-state index in [0.717, 1.165) is 49.9 Å². The van der Waals surface area contributed by atoms with Gasteiger partial charge in [-0.1, -0.05) is 164 Å². The van der Waals surface area contributed by atoms with Crippen molar-refractivity contribution in [2.45, 2.75) is 37.6 Å². The first-order valence-electron chi connectivity index (χ1n) is 20.9. The van der Waals surface area contributed by atoms with E-state index < -0.39 is 36.2 Å². The molecule has 0 N–H and O–H groups in total. The molecule has 1 aliphatic carbocycles. The number of esters is 3. The predicted octanol–water partition coefficient (Wildman–Crippen LogP) is 11.5. The molecule has 63 heavy (non-hydrogen) atoms. The molecule has 1 aliphatic rings. The molecular weight excluding hydrogens is 787 g/mol. The summed E-state index contributed by atoms with van der Waals surface area (Å²) in [5.74, 6) is -1.75. The summed E-state index contributed by atoms with van der Waals surface area (Å²) in [7, 11) is 0. The number of benzene rings is 6. The fourth-order valence-corrected chi connectivity index (χ4v) is 8.65. The van der Waals surface area contributed by atoms with E-state index in [1.54, 1.807) is 18.6 Å². The largest absolute Gasteiger partial charge is 0.458 e. The van der Waals surface area contributed by atoms with E-state index in [1.807, 2.05) is 164 Å². The molecule has 0 saturated heterocycles. The molecule has 0 spiro atoms. The molecule has 9 nitrogen and oxygen atoms in total. The van der Waals surface area contributed by atoms with Gasteiger partial charge in [0.1, 0.15) is 18.3 Å². The topological polar surface area (TPSA) is 118 Å². The van der Waals surface area contributed by atoms with Crippen LogP contribution in [0.3, 0.4) is 0 Å². The van der Waals surface area contributed by atoms with Gasteiger partial charge in [0.25, 0.3) is 0 Å². The van der Waals surface area contributed by atoms with Crippen LogP contribution in [0.25, 0.3) is 66.1 Å². The standard InChI is InChI=1S/C54H39N3O6/c58-52(46-31-55-49(34-16-4-1-5-17-34)43-25-13-10-22-40(43)46)61-37-28-38(62-53(59)47-32-56-50(35-18-6-2-7-19-35)44-26-14-11-23-41(44)47)30-39(29-37)63-54(60)48-33-57-51(36-20-8-3-9-21-36)45-27-15-12-24-42(45)48/h1-27,31-33,37-39H,28-30H2. The third-order valence-electron chi connectivity index (χ3n) is 11.6. The molecular formula is C54H39N3O6. The maximum atomic E-state index is 14.2. The van der Waals surface area contributed by atoms with Gasteiger partial charge < -0.3 is 14.2 Å². The summed E-state index contributed by atoms with van der Waals surface area (Å²) in [6.07, 6.45) is 2.84. The molecule has 1 saturated carbocycles. The molecule has 10 rings (SSSR count). The summed E-state index contributed by atoms with van der Waals surface area (Å²) in [6, 6.07) is 52.1. The van der Waals surface area contributed by atoms with E-state index >= 15 is 0 Å². The van der Waals surface area contributed by atoms with E-state index in [9.17, 15) is 14.4 Å². The number of hydrogen-bond donors (Lipinski definition) is 0. The van der Waals surface area contributed by atoms with Crippen molar-refractivity contribution in [1.82, 2.24) is 15.0 Å². The molecule has 0 atom stereocenters. The van der Waals surface area contributed by atoms with Crippen LogP contribution < -0.4 is 0 Å². The second-order valence-electron chi connectivity index (χ2n) is 15.6. The van der Waals surface area contributed by atoms with Crippen LogP contribution in [0.15, 0.2) is 182 Å². The van der Waals surface area contributed by atoms with Gasteiger partial charge in [0.15, 0.2) is 0 Å². The predicted molar refractivity (Wildman–Crippen MR) is 243 cm³/mol. The first-order chi connectivity index (χ1) is 31.0. The van der Waals surface area contributed by atoms with Gasteiger partial charge in [0.2, 0.25) is 0 Å². The van der Waals surface area contributed by atoms with Crippen LogP contribution >= 0.6 is 0 Å². The zero-order chi connectivity index (χ0) is 42.7. The highest BCUT2D eigenvalue weighted by Gasteiger charge is 2.37. The average molecular weight is 826 g/mol. The van der Waals surface area contributed by atoms with E-state index in [2.05, 4.69) is 0 Å². The maximum absolute atomic E-state index is 14.2. The normalized spacial score (nSPS) is 16.1. The van der Waals surface area contributed by atoms with Gasteiger partial charge in [-0.25, -0.2) is 14.4 Å². The number of fused-ring (bicyclic) bond motifs is 3. The molecule has 0 unspecified atom stereocenters. The number of carbonyl (C=O) groups is 3. The highest BCUT2D eigenvalue weighted by atomic mass is 16.6. The van der Waals surface area contributed by atoms with Crippen LogP contribution in [0.2, 0.25) is 0 Å². The molecule has 306 valence electrons. The lowest BCUT2D eigenvalue weighted by Crippen LogP contribution is -2.40. The van der Waals surface area contributed by atoms with Crippen LogP contribution in [0.4, 0.5) is 0 Å². The SMILES string of the molecule is O=C(OC1CC(OC(=O)c2cnc(-c3ccccc3)c3ccccc23)CC(OC(=O)c2cnc(-c3ccccc3)c3ccccc23)C1)c1cnc(-c2ccccc2)c2ccccc12. The summed E-state index contributed by atoms with van der Waals surface area (Å²) in [5, 5.41) is 4.48. The minimum Gasteiger partial charge on any atom is -0.458 e. The Morgan fingerprint density at radius 1 is 0.333 bits per heavy atom. The van der Waals surface area contributed by atoms with Gasteiger partial charge in [-0.2, -0.15) is 0 Å². The minimum absolute atomic E-state index is 0.183. The molecule has 9 heteroatoms. The van der Waals surface area contributed by atoms with E-state index in [-0.39, 0.29) is 19.3 Å². The summed E-state index contributed by atoms with van der Waals surface area (Å²) in [4.78, 5) is 56.7. The summed E-state index contributed by atoms with van der Waals surface area (Å²) in [6.45, 7) is 0. The lowest BCUT2D eigenvalue weighted by molar-refractivity contribution is -0.0585. The molecule has 6 aromatic carbocycles. The minimum atomic E-state index is -0.778. The van der Waals surface area contributed by atoms with Crippen LogP contribution in [0.1, 0.15) is 50.3 Å². The Hall–Kier alpha value is -8.04. The number of aromatic nitrogens is 3. The first kappa shape index (κ1) is 39.1. The van der Waals surface area contributed by atoms with Crippen LogP contribution in [0, 0.1) is 0 Å². The van der Waals surface area contributed by atoms with Crippen molar-refractivity contribution in [2.24, 2.45) is 0 Å². The summed E-state index contributed by atoms with van der Waals surface area (Å²) in [5.41, 5.74) is 5.90. The third kappa shape index (κ3) is 7.88. The first-order valence-corrected chi connectivity index (χ1v) is 20.9. The molecule has 3 heterocycles. The van der Waals surface area contributed by atoms with Gasteiger partial charge in [0.05, 0.1) is 33.8 Å². The second kappa shape index (κ2) is 17.1. The molecule has 9 aromatic rings.